The minimum absolute atomic E-state index is 0.119. The lowest BCUT2D eigenvalue weighted by Gasteiger charge is -2.27. The fourth-order valence-electron chi connectivity index (χ4n) is 2.55. The highest BCUT2D eigenvalue weighted by Gasteiger charge is 2.16. The van der Waals surface area contributed by atoms with E-state index < -0.39 is 0 Å². The number of hydrogen-bond acceptors (Lipinski definition) is 2. The van der Waals surface area contributed by atoms with Crippen molar-refractivity contribution in [2.24, 2.45) is 5.73 Å². The first-order valence-corrected chi connectivity index (χ1v) is 7.32. The quantitative estimate of drug-likeness (QED) is 0.882. The summed E-state index contributed by atoms with van der Waals surface area (Å²) >= 11 is 0. The lowest BCUT2D eigenvalue weighted by molar-refractivity contribution is 0.253. The van der Waals surface area contributed by atoms with Gasteiger partial charge in [-0.15, -0.1) is 0 Å². The first-order valence-electron chi connectivity index (χ1n) is 7.32. The zero-order valence-electron chi connectivity index (χ0n) is 12.7. The van der Waals surface area contributed by atoms with Gasteiger partial charge in [-0.1, -0.05) is 42.5 Å². The van der Waals surface area contributed by atoms with Crippen LogP contribution in [-0.4, -0.2) is 25.0 Å². The first kappa shape index (κ1) is 15.7. The van der Waals surface area contributed by atoms with E-state index in [0.29, 0.717) is 12.1 Å². The molecule has 0 aromatic heterocycles. The minimum Gasteiger partial charge on any atom is -0.329 e. The Morgan fingerprint density at radius 1 is 1.14 bits per heavy atom. The maximum atomic E-state index is 13.4. The fourth-order valence-corrected chi connectivity index (χ4v) is 2.55. The zero-order chi connectivity index (χ0) is 15.2. The Hall–Kier alpha value is -1.71. The largest absolute Gasteiger partial charge is 0.329 e. The van der Waals surface area contributed by atoms with E-state index in [-0.39, 0.29) is 11.9 Å². The van der Waals surface area contributed by atoms with Crippen molar-refractivity contribution in [1.82, 2.24) is 4.90 Å². The number of nitrogens with zero attached hydrogens (tertiary/aromatic N) is 1. The molecule has 0 spiro atoms. The van der Waals surface area contributed by atoms with Gasteiger partial charge >= 0.3 is 0 Å². The molecule has 1 unspecified atom stereocenters. The van der Waals surface area contributed by atoms with Crippen LogP contribution in [0.25, 0.3) is 0 Å². The molecule has 0 saturated heterocycles. The highest BCUT2D eigenvalue weighted by Crippen LogP contribution is 2.21. The highest BCUT2D eigenvalue weighted by molar-refractivity contribution is 5.27. The second-order valence-corrected chi connectivity index (χ2v) is 5.48. The summed E-state index contributed by atoms with van der Waals surface area (Å²) in [5, 5.41) is 0. The molecule has 0 radical (unpaired) electrons. The Morgan fingerprint density at radius 2 is 1.86 bits per heavy atom. The molecule has 112 valence electrons. The Kier molecular flexibility index (Phi) is 5.48. The average Bonchev–Trinajstić information content (AvgIpc) is 2.50. The third-order valence-electron chi connectivity index (χ3n) is 3.92. The topological polar surface area (TPSA) is 29.3 Å². The van der Waals surface area contributed by atoms with Gasteiger partial charge in [-0.2, -0.15) is 0 Å². The highest BCUT2D eigenvalue weighted by atomic mass is 19.1. The van der Waals surface area contributed by atoms with E-state index in [4.69, 9.17) is 5.73 Å². The molecule has 21 heavy (non-hydrogen) atoms. The number of hydrogen-bond donors (Lipinski definition) is 1. The van der Waals surface area contributed by atoms with Crippen molar-refractivity contribution < 1.29 is 4.39 Å². The van der Waals surface area contributed by atoms with Crippen LogP contribution >= 0.6 is 0 Å². The van der Waals surface area contributed by atoms with Gasteiger partial charge in [0.25, 0.3) is 0 Å². The van der Waals surface area contributed by atoms with E-state index >= 15 is 0 Å². The van der Waals surface area contributed by atoms with Gasteiger partial charge in [-0.3, -0.25) is 4.90 Å². The van der Waals surface area contributed by atoms with Crippen molar-refractivity contribution in [3.05, 3.63) is 71.0 Å². The second-order valence-electron chi connectivity index (χ2n) is 5.48. The molecule has 2 aromatic carbocycles. The lowest BCUT2D eigenvalue weighted by atomic mass is 10.0. The summed E-state index contributed by atoms with van der Waals surface area (Å²) in [6.07, 6.45) is 0.980. The van der Waals surface area contributed by atoms with E-state index in [1.807, 2.05) is 18.2 Å². The Balaban J connectivity index is 2.04. The lowest BCUT2D eigenvalue weighted by Crippen LogP contribution is -2.32. The van der Waals surface area contributed by atoms with Crippen LogP contribution in [-0.2, 0) is 6.42 Å². The number of halogens is 1. The van der Waals surface area contributed by atoms with Gasteiger partial charge in [0.05, 0.1) is 0 Å². The number of benzene rings is 2. The van der Waals surface area contributed by atoms with Crippen LogP contribution in [0.2, 0.25) is 0 Å². The molecule has 2 rings (SSSR count). The third kappa shape index (κ3) is 4.13. The molecular formula is C18H23FN2. The van der Waals surface area contributed by atoms with Gasteiger partial charge < -0.3 is 5.73 Å². The van der Waals surface area contributed by atoms with Crippen molar-refractivity contribution in [2.75, 3.05) is 20.1 Å². The zero-order valence-corrected chi connectivity index (χ0v) is 12.7. The fraction of sp³-hybridized carbons (Fsp3) is 0.333. The van der Waals surface area contributed by atoms with Crippen LogP contribution in [0.1, 0.15) is 22.7 Å². The Labute approximate surface area is 126 Å². The number of aryl methyl sites for hydroxylation is 1. The van der Waals surface area contributed by atoms with E-state index in [2.05, 4.69) is 36.2 Å². The van der Waals surface area contributed by atoms with E-state index in [9.17, 15) is 4.39 Å². The van der Waals surface area contributed by atoms with Crippen molar-refractivity contribution in [3.63, 3.8) is 0 Å². The molecule has 2 nitrogen and oxygen atoms in total. The standard InChI is InChI=1S/C18H23FN2/c1-14-12-16(8-9-17(14)19)18(13-20)21(2)11-10-15-6-4-3-5-7-15/h3-9,12,18H,10-11,13,20H2,1-2H3. The summed E-state index contributed by atoms with van der Waals surface area (Å²) in [6.45, 7) is 3.23. The molecule has 0 fully saturated rings. The predicted octanol–water partition coefficient (Wildman–Crippen LogP) is 3.31. The predicted molar refractivity (Wildman–Crippen MR) is 85.7 cm³/mol. The van der Waals surface area contributed by atoms with Gasteiger partial charge in [-0.05, 0) is 43.1 Å². The third-order valence-corrected chi connectivity index (χ3v) is 3.92. The van der Waals surface area contributed by atoms with Gasteiger partial charge in [0.1, 0.15) is 5.82 Å². The van der Waals surface area contributed by atoms with Crippen LogP contribution in [0.15, 0.2) is 48.5 Å². The summed E-state index contributed by atoms with van der Waals surface area (Å²) < 4.78 is 13.4. The van der Waals surface area contributed by atoms with Crippen LogP contribution in [0.4, 0.5) is 4.39 Å². The van der Waals surface area contributed by atoms with Crippen LogP contribution in [0, 0.1) is 12.7 Å². The average molecular weight is 286 g/mol. The van der Waals surface area contributed by atoms with Crippen molar-refractivity contribution >= 4 is 0 Å². The normalized spacial score (nSPS) is 12.6. The smallest absolute Gasteiger partial charge is 0.126 e. The molecule has 0 aliphatic heterocycles. The molecule has 0 saturated carbocycles. The Morgan fingerprint density at radius 3 is 2.48 bits per heavy atom. The van der Waals surface area contributed by atoms with Crippen molar-refractivity contribution in [3.8, 4) is 0 Å². The van der Waals surface area contributed by atoms with Gasteiger partial charge in [0, 0.05) is 19.1 Å². The van der Waals surface area contributed by atoms with Gasteiger partial charge in [0.15, 0.2) is 0 Å². The molecular weight excluding hydrogens is 263 g/mol. The molecule has 3 heteroatoms. The summed E-state index contributed by atoms with van der Waals surface area (Å²) in [6, 6.07) is 15.8. The molecule has 0 amide bonds. The molecule has 0 aliphatic carbocycles. The maximum Gasteiger partial charge on any atom is 0.126 e. The van der Waals surface area contributed by atoms with Crippen LogP contribution in [0.5, 0.6) is 0 Å². The van der Waals surface area contributed by atoms with E-state index in [1.165, 1.54) is 11.6 Å². The van der Waals surface area contributed by atoms with E-state index in [0.717, 1.165) is 18.5 Å². The molecule has 2 aromatic rings. The van der Waals surface area contributed by atoms with E-state index in [1.54, 1.807) is 6.92 Å². The molecule has 0 heterocycles. The summed E-state index contributed by atoms with van der Waals surface area (Å²) in [5.41, 5.74) is 8.99. The monoisotopic (exact) mass is 286 g/mol. The summed E-state index contributed by atoms with van der Waals surface area (Å²) in [5.74, 6) is -0.165. The van der Waals surface area contributed by atoms with Crippen LogP contribution in [0.3, 0.4) is 0 Å². The van der Waals surface area contributed by atoms with Crippen molar-refractivity contribution in [2.45, 2.75) is 19.4 Å². The van der Waals surface area contributed by atoms with Gasteiger partial charge in [-0.25, -0.2) is 4.39 Å². The summed E-state index contributed by atoms with van der Waals surface area (Å²) in [7, 11) is 2.07. The molecule has 0 aliphatic rings. The number of rotatable bonds is 6. The molecule has 2 N–H and O–H groups in total. The van der Waals surface area contributed by atoms with Crippen LogP contribution < -0.4 is 5.73 Å². The number of likely N-dealkylation sites (N-methyl/N-ethyl adjacent to an activating group) is 1. The SMILES string of the molecule is Cc1cc(C(CN)N(C)CCc2ccccc2)ccc1F. The number of nitrogens with two attached hydrogens (primary N) is 1. The minimum atomic E-state index is -0.165. The summed E-state index contributed by atoms with van der Waals surface area (Å²) in [4.78, 5) is 2.24. The van der Waals surface area contributed by atoms with Crippen molar-refractivity contribution in [1.29, 1.82) is 0 Å². The molecule has 1 atom stereocenters. The Bertz CT molecular complexity index is 569. The first-order chi connectivity index (χ1) is 10.1. The molecule has 0 bridgehead atoms. The maximum absolute atomic E-state index is 13.4. The van der Waals surface area contributed by atoms with Gasteiger partial charge in [0.2, 0.25) is 0 Å². The second kappa shape index (κ2) is 7.34.